The molecule has 2 heterocycles. The summed E-state index contributed by atoms with van der Waals surface area (Å²) in [5.41, 5.74) is 0.305. The van der Waals surface area contributed by atoms with Crippen LogP contribution in [0.25, 0.3) is 10.6 Å². The Bertz CT molecular complexity index is 512. The molecule has 0 saturated heterocycles. The molecule has 0 aliphatic rings. The topological polar surface area (TPSA) is 26.0 Å². The van der Waals surface area contributed by atoms with Crippen molar-refractivity contribution in [2.75, 3.05) is 0 Å². The van der Waals surface area contributed by atoms with Gasteiger partial charge in [0, 0.05) is 10.4 Å². The summed E-state index contributed by atoms with van der Waals surface area (Å²) in [5, 5.41) is 3.48. The van der Waals surface area contributed by atoms with Gasteiger partial charge in [-0.1, -0.05) is 5.16 Å². The molecule has 0 aliphatic carbocycles. The molecule has 0 saturated carbocycles. The second kappa shape index (κ2) is 3.62. The van der Waals surface area contributed by atoms with Crippen molar-refractivity contribution in [2.45, 2.75) is 20.0 Å². The summed E-state index contributed by atoms with van der Waals surface area (Å²) in [4.78, 5) is 1.71. The van der Waals surface area contributed by atoms with Crippen molar-refractivity contribution in [1.29, 1.82) is 0 Å². The molecule has 0 radical (unpaired) electrons. The van der Waals surface area contributed by atoms with E-state index in [1.807, 2.05) is 13.0 Å². The third-order valence-corrected chi connectivity index (χ3v) is 3.16. The number of nitrogens with zero attached hydrogens (tertiary/aromatic N) is 1. The molecule has 0 N–H and O–H groups in total. The first kappa shape index (κ1) is 11.2. The van der Waals surface area contributed by atoms with E-state index in [2.05, 4.69) is 9.68 Å². The van der Waals surface area contributed by atoms with Crippen molar-refractivity contribution in [2.24, 2.45) is 0 Å². The fraction of sp³-hybridized carbons (Fsp3) is 0.300. The van der Waals surface area contributed by atoms with Crippen LogP contribution in [-0.4, -0.2) is 5.16 Å². The van der Waals surface area contributed by atoms with Crippen molar-refractivity contribution in [1.82, 2.24) is 5.16 Å². The van der Waals surface area contributed by atoms with Crippen molar-refractivity contribution in [3.63, 3.8) is 0 Å². The van der Waals surface area contributed by atoms with Gasteiger partial charge in [0.25, 0.3) is 0 Å². The average Bonchev–Trinajstić information content (AvgIpc) is 2.70. The minimum absolute atomic E-state index is 0.0364. The van der Waals surface area contributed by atoms with Crippen LogP contribution >= 0.6 is 11.3 Å². The van der Waals surface area contributed by atoms with E-state index in [0.29, 0.717) is 4.88 Å². The molecule has 0 atom stereocenters. The van der Waals surface area contributed by atoms with E-state index >= 15 is 0 Å². The van der Waals surface area contributed by atoms with Crippen molar-refractivity contribution >= 4 is 11.3 Å². The largest absolute Gasteiger partial charge is 0.452 e. The van der Waals surface area contributed by atoms with Crippen LogP contribution in [0.15, 0.2) is 16.7 Å². The lowest BCUT2D eigenvalue weighted by Crippen LogP contribution is -2.04. The highest BCUT2D eigenvalue weighted by Crippen LogP contribution is 2.37. The van der Waals surface area contributed by atoms with E-state index in [0.717, 1.165) is 4.88 Å². The minimum atomic E-state index is -4.48. The van der Waals surface area contributed by atoms with Gasteiger partial charge in [-0.05, 0) is 26.0 Å². The maximum Gasteiger partial charge on any atom is 0.452 e. The number of rotatable bonds is 1. The number of alkyl halides is 3. The maximum absolute atomic E-state index is 12.5. The van der Waals surface area contributed by atoms with Gasteiger partial charge < -0.3 is 4.52 Å². The number of aromatic nitrogens is 1. The molecule has 0 bridgehead atoms. The molecular formula is C10H8F3NOS. The predicted octanol–water partition coefficient (Wildman–Crippen LogP) is 4.04. The normalized spacial score (nSPS) is 12.1. The lowest BCUT2D eigenvalue weighted by atomic mass is 10.2. The molecule has 0 spiro atoms. The molecule has 2 aromatic rings. The van der Waals surface area contributed by atoms with E-state index in [1.54, 1.807) is 6.07 Å². The molecule has 2 rings (SSSR count). The number of hydrogen-bond acceptors (Lipinski definition) is 3. The highest BCUT2D eigenvalue weighted by molar-refractivity contribution is 7.15. The molecule has 2 nitrogen and oxygen atoms in total. The van der Waals surface area contributed by atoms with Crippen LogP contribution in [0.2, 0.25) is 0 Å². The van der Waals surface area contributed by atoms with Crippen molar-refractivity contribution in [3.8, 4) is 10.6 Å². The van der Waals surface area contributed by atoms with Gasteiger partial charge in [-0.15, -0.1) is 11.3 Å². The average molecular weight is 247 g/mol. The second-order valence-corrected chi connectivity index (χ2v) is 4.68. The fourth-order valence-electron chi connectivity index (χ4n) is 1.39. The van der Waals surface area contributed by atoms with Gasteiger partial charge in [-0.2, -0.15) is 13.2 Å². The zero-order valence-corrected chi connectivity index (χ0v) is 9.37. The lowest BCUT2D eigenvalue weighted by Gasteiger charge is -2.01. The van der Waals surface area contributed by atoms with E-state index in [1.165, 1.54) is 18.3 Å². The Morgan fingerprint density at radius 3 is 2.38 bits per heavy atom. The zero-order valence-electron chi connectivity index (χ0n) is 8.55. The summed E-state index contributed by atoms with van der Waals surface area (Å²) in [7, 11) is 0. The quantitative estimate of drug-likeness (QED) is 0.760. The van der Waals surface area contributed by atoms with E-state index < -0.39 is 11.9 Å². The number of thiophene rings is 1. The number of aryl methyl sites for hydroxylation is 1. The monoisotopic (exact) mass is 247 g/mol. The first-order valence-electron chi connectivity index (χ1n) is 4.50. The van der Waals surface area contributed by atoms with Crippen LogP contribution in [0, 0.1) is 13.8 Å². The molecule has 0 aromatic carbocycles. The van der Waals surface area contributed by atoms with Gasteiger partial charge in [0.2, 0.25) is 5.76 Å². The molecule has 0 amide bonds. The molecule has 86 valence electrons. The number of halogens is 3. The smallest absolute Gasteiger partial charge is 0.351 e. The first-order chi connectivity index (χ1) is 7.39. The van der Waals surface area contributed by atoms with Crippen LogP contribution in [0.3, 0.4) is 0 Å². The summed E-state index contributed by atoms with van der Waals surface area (Å²) < 4.78 is 41.7. The summed E-state index contributed by atoms with van der Waals surface area (Å²) in [6, 6.07) is 3.58. The fourth-order valence-corrected chi connectivity index (χ4v) is 2.30. The van der Waals surface area contributed by atoms with E-state index in [9.17, 15) is 13.2 Å². The Morgan fingerprint density at radius 1 is 1.25 bits per heavy atom. The summed E-state index contributed by atoms with van der Waals surface area (Å²) in [6.07, 6.45) is -4.48. The third-order valence-electron chi connectivity index (χ3n) is 2.16. The molecular weight excluding hydrogens is 239 g/mol. The second-order valence-electron chi connectivity index (χ2n) is 3.39. The van der Waals surface area contributed by atoms with E-state index in [-0.39, 0.29) is 11.3 Å². The Balaban J connectivity index is 2.49. The summed E-state index contributed by atoms with van der Waals surface area (Å²) in [5.74, 6) is -1.02. The molecule has 16 heavy (non-hydrogen) atoms. The highest BCUT2D eigenvalue weighted by Gasteiger charge is 2.39. The van der Waals surface area contributed by atoms with Crippen LogP contribution in [-0.2, 0) is 6.18 Å². The minimum Gasteiger partial charge on any atom is -0.351 e. The van der Waals surface area contributed by atoms with Gasteiger partial charge in [0.15, 0.2) is 0 Å². The molecule has 6 heteroatoms. The maximum atomic E-state index is 12.5. The third kappa shape index (κ3) is 1.84. The molecule has 0 unspecified atom stereocenters. The summed E-state index contributed by atoms with van der Waals surface area (Å²) in [6.45, 7) is 3.25. The molecule has 0 aliphatic heterocycles. The van der Waals surface area contributed by atoms with Crippen molar-refractivity contribution < 1.29 is 17.7 Å². The van der Waals surface area contributed by atoms with Gasteiger partial charge in [0.1, 0.15) is 5.69 Å². The summed E-state index contributed by atoms with van der Waals surface area (Å²) >= 11 is 1.39. The lowest BCUT2D eigenvalue weighted by molar-refractivity contribution is -0.156. The Labute approximate surface area is 93.7 Å². The SMILES string of the molecule is Cc1ccc(-c2noc(C(F)(F)F)c2C)s1. The van der Waals surface area contributed by atoms with Crippen LogP contribution in [0.1, 0.15) is 16.2 Å². The predicted molar refractivity (Wildman–Crippen MR) is 54.3 cm³/mol. The number of hydrogen-bond donors (Lipinski definition) is 0. The van der Waals surface area contributed by atoms with Gasteiger partial charge in [-0.3, -0.25) is 0 Å². The van der Waals surface area contributed by atoms with Gasteiger partial charge in [-0.25, -0.2) is 0 Å². The molecule has 2 aromatic heterocycles. The van der Waals surface area contributed by atoms with Crippen LogP contribution in [0.4, 0.5) is 13.2 Å². The molecule has 0 fully saturated rings. The zero-order chi connectivity index (χ0) is 11.9. The standard InChI is InChI=1S/C10H8F3NOS/c1-5-3-4-7(16-5)8-6(2)9(15-14-8)10(11,12)13/h3-4H,1-2H3. The highest BCUT2D eigenvalue weighted by atomic mass is 32.1. The first-order valence-corrected chi connectivity index (χ1v) is 5.31. The van der Waals surface area contributed by atoms with Crippen LogP contribution in [0.5, 0.6) is 0 Å². The van der Waals surface area contributed by atoms with Crippen molar-refractivity contribution in [3.05, 3.63) is 28.3 Å². The van der Waals surface area contributed by atoms with Gasteiger partial charge >= 0.3 is 6.18 Å². The van der Waals surface area contributed by atoms with Crippen LogP contribution < -0.4 is 0 Å². The Hall–Kier alpha value is -1.30. The Morgan fingerprint density at radius 2 is 1.94 bits per heavy atom. The Kier molecular flexibility index (Phi) is 2.53. The van der Waals surface area contributed by atoms with Gasteiger partial charge in [0.05, 0.1) is 4.88 Å². The van der Waals surface area contributed by atoms with E-state index in [4.69, 9.17) is 0 Å².